The Morgan fingerprint density at radius 1 is 1.41 bits per heavy atom. The summed E-state index contributed by atoms with van der Waals surface area (Å²) >= 11 is 1.47. The van der Waals surface area contributed by atoms with Crippen LogP contribution < -0.4 is 16.0 Å². The Kier molecular flexibility index (Phi) is 5.69. The van der Waals surface area contributed by atoms with Crippen LogP contribution in [-0.4, -0.2) is 48.4 Å². The monoisotopic (exact) mass is 343 g/mol. The first-order valence-electron chi connectivity index (χ1n) is 6.87. The number of β-amino-alcohol motifs (C(OH)–C–C–N with tert-alkyl or cyclic N) is 1. The number of nitrogens with one attached hydrogen (secondary N) is 3. The molecule has 22 heavy (non-hydrogen) atoms. The quantitative estimate of drug-likeness (QED) is 0.640. The van der Waals surface area contributed by atoms with Gasteiger partial charge in [0, 0.05) is 36.0 Å². The van der Waals surface area contributed by atoms with Crippen LogP contribution in [0.5, 0.6) is 0 Å². The molecule has 0 spiro atoms. The van der Waals surface area contributed by atoms with Gasteiger partial charge >= 0.3 is 0 Å². The molecule has 2 atom stereocenters. The lowest BCUT2D eigenvalue weighted by Gasteiger charge is -2.18. The molecule has 6 nitrogen and oxygen atoms in total. The largest absolute Gasteiger partial charge is 0.391 e. The van der Waals surface area contributed by atoms with Crippen molar-refractivity contribution >= 4 is 41.7 Å². The molecule has 2 unspecified atom stereocenters. The fourth-order valence-electron chi connectivity index (χ4n) is 2.48. The van der Waals surface area contributed by atoms with Gasteiger partial charge in [-0.2, -0.15) is 0 Å². The van der Waals surface area contributed by atoms with Crippen molar-refractivity contribution in [1.82, 2.24) is 10.6 Å². The third kappa shape index (κ3) is 3.73. The minimum Gasteiger partial charge on any atom is -0.391 e. The molecule has 0 saturated carbocycles. The van der Waals surface area contributed by atoms with E-state index in [0.29, 0.717) is 36.6 Å². The van der Waals surface area contributed by atoms with E-state index in [2.05, 4.69) is 16.0 Å². The van der Waals surface area contributed by atoms with Crippen LogP contribution in [0.2, 0.25) is 0 Å². The summed E-state index contributed by atoms with van der Waals surface area (Å²) in [6.45, 7) is 1.71. The summed E-state index contributed by atoms with van der Waals surface area (Å²) in [5.41, 5.74) is 1.20. The second-order valence-corrected chi connectivity index (χ2v) is 6.26. The fraction of sp³-hybridized carbons (Fsp3) is 0.429. The van der Waals surface area contributed by atoms with Crippen LogP contribution in [0.1, 0.15) is 10.4 Å². The molecule has 0 radical (unpaired) electrons. The van der Waals surface area contributed by atoms with Crippen LogP contribution in [0.15, 0.2) is 23.1 Å². The summed E-state index contributed by atoms with van der Waals surface area (Å²) in [5.74, 6) is 0.208. The summed E-state index contributed by atoms with van der Waals surface area (Å²) in [5, 5.41) is 18.4. The first-order valence-corrected chi connectivity index (χ1v) is 7.86. The average molecular weight is 344 g/mol. The third-order valence-corrected chi connectivity index (χ3v) is 4.78. The molecule has 0 aromatic heterocycles. The minimum absolute atomic E-state index is 0. The first-order chi connectivity index (χ1) is 10.1. The van der Waals surface area contributed by atoms with Crippen molar-refractivity contribution < 1.29 is 14.7 Å². The zero-order chi connectivity index (χ0) is 14.8. The molecular weight excluding hydrogens is 326 g/mol. The van der Waals surface area contributed by atoms with Gasteiger partial charge in [0.1, 0.15) is 0 Å². The standard InChI is InChI=1S/C14H17N3O3S.ClH/c18-11-6-15-4-9(11)5-16-14(20)8-1-2-12-10(3-8)17-13(19)7-21-12;/h1-3,9,11,15,18H,4-7H2,(H,16,20)(H,17,19);1H. The molecule has 2 heterocycles. The maximum absolute atomic E-state index is 12.1. The molecule has 0 aliphatic carbocycles. The second kappa shape index (κ2) is 7.32. The van der Waals surface area contributed by atoms with Gasteiger partial charge < -0.3 is 21.1 Å². The van der Waals surface area contributed by atoms with E-state index in [1.165, 1.54) is 11.8 Å². The number of carbonyl (C=O) groups excluding carboxylic acids is 2. The highest BCUT2D eigenvalue weighted by atomic mass is 35.5. The molecule has 2 amide bonds. The van der Waals surface area contributed by atoms with Gasteiger partial charge in [0.05, 0.1) is 17.5 Å². The third-order valence-electron chi connectivity index (χ3n) is 3.70. The summed E-state index contributed by atoms with van der Waals surface area (Å²) in [6, 6.07) is 5.29. The Balaban J connectivity index is 0.00000176. The number of thioether (sulfide) groups is 1. The van der Waals surface area contributed by atoms with Crippen molar-refractivity contribution in [2.24, 2.45) is 5.92 Å². The van der Waals surface area contributed by atoms with Crippen LogP contribution in [0.3, 0.4) is 0 Å². The van der Waals surface area contributed by atoms with Crippen LogP contribution in [0.4, 0.5) is 5.69 Å². The van der Waals surface area contributed by atoms with Crippen molar-refractivity contribution in [2.45, 2.75) is 11.0 Å². The van der Waals surface area contributed by atoms with E-state index >= 15 is 0 Å². The molecule has 1 aromatic carbocycles. The molecule has 120 valence electrons. The van der Waals surface area contributed by atoms with E-state index in [1.807, 2.05) is 6.07 Å². The number of benzene rings is 1. The minimum atomic E-state index is -0.412. The smallest absolute Gasteiger partial charge is 0.251 e. The predicted octanol–water partition coefficient (Wildman–Crippen LogP) is 0.463. The first kappa shape index (κ1) is 17.1. The van der Waals surface area contributed by atoms with E-state index in [0.717, 1.165) is 4.90 Å². The zero-order valence-corrected chi connectivity index (χ0v) is 13.4. The lowest BCUT2D eigenvalue weighted by atomic mass is 10.1. The number of aliphatic hydroxyl groups is 1. The maximum atomic E-state index is 12.1. The van der Waals surface area contributed by atoms with Crippen molar-refractivity contribution in [3.05, 3.63) is 23.8 Å². The Labute approximate surface area is 138 Å². The molecule has 0 bridgehead atoms. The molecule has 2 aliphatic rings. The predicted molar refractivity (Wildman–Crippen MR) is 87.7 cm³/mol. The van der Waals surface area contributed by atoms with Gasteiger partial charge in [-0.05, 0) is 18.2 Å². The summed E-state index contributed by atoms with van der Waals surface area (Å²) < 4.78 is 0. The van der Waals surface area contributed by atoms with E-state index in [9.17, 15) is 14.7 Å². The lowest BCUT2D eigenvalue weighted by Crippen LogP contribution is -2.34. The summed E-state index contributed by atoms with van der Waals surface area (Å²) in [4.78, 5) is 24.5. The van der Waals surface area contributed by atoms with Crippen LogP contribution >= 0.6 is 24.2 Å². The number of carbonyl (C=O) groups is 2. The van der Waals surface area contributed by atoms with Crippen LogP contribution in [-0.2, 0) is 4.79 Å². The fourth-order valence-corrected chi connectivity index (χ4v) is 3.27. The van der Waals surface area contributed by atoms with Gasteiger partial charge in [0.15, 0.2) is 0 Å². The number of hydrogen-bond donors (Lipinski definition) is 4. The molecule has 3 rings (SSSR count). The topological polar surface area (TPSA) is 90.5 Å². The summed E-state index contributed by atoms with van der Waals surface area (Å²) in [7, 11) is 0. The van der Waals surface area contributed by atoms with Crippen molar-refractivity contribution in [1.29, 1.82) is 0 Å². The molecule has 2 aliphatic heterocycles. The van der Waals surface area contributed by atoms with Crippen molar-refractivity contribution in [3.8, 4) is 0 Å². The number of aliphatic hydroxyl groups excluding tert-OH is 1. The number of rotatable bonds is 3. The molecule has 8 heteroatoms. The molecular formula is C14H18ClN3O3S. The number of amides is 2. The highest BCUT2D eigenvalue weighted by molar-refractivity contribution is 8.00. The number of fused-ring (bicyclic) bond motifs is 1. The average Bonchev–Trinajstić information content (AvgIpc) is 2.89. The van der Waals surface area contributed by atoms with Gasteiger partial charge in [-0.3, -0.25) is 9.59 Å². The van der Waals surface area contributed by atoms with Gasteiger partial charge in [0.25, 0.3) is 5.91 Å². The molecule has 1 saturated heterocycles. The Bertz CT molecular complexity index is 584. The lowest BCUT2D eigenvalue weighted by molar-refractivity contribution is -0.113. The van der Waals surface area contributed by atoms with E-state index in [1.54, 1.807) is 12.1 Å². The number of hydrogen-bond acceptors (Lipinski definition) is 5. The Morgan fingerprint density at radius 3 is 2.95 bits per heavy atom. The van der Waals surface area contributed by atoms with Gasteiger partial charge in [0.2, 0.25) is 5.91 Å². The second-order valence-electron chi connectivity index (χ2n) is 5.24. The maximum Gasteiger partial charge on any atom is 0.251 e. The molecule has 1 fully saturated rings. The van der Waals surface area contributed by atoms with E-state index in [-0.39, 0.29) is 30.1 Å². The summed E-state index contributed by atoms with van der Waals surface area (Å²) in [6.07, 6.45) is -0.412. The van der Waals surface area contributed by atoms with Gasteiger partial charge in [-0.1, -0.05) is 0 Å². The highest BCUT2D eigenvalue weighted by Crippen LogP contribution is 2.31. The molecule has 1 aromatic rings. The highest BCUT2D eigenvalue weighted by Gasteiger charge is 2.25. The van der Waals surface area contributed by atoms with E-state index in [4.69, 9.17) is 0 Å². The SMILES string of the molecule is Cl.O=C1CSc2ccc(C(=O)NCC3CNCC3O)cc2N1. The van der Waals surface area contributed by atoms with Crippen LogP contribution in [0, 0.1) is 5.92 Å². The number of anilines is 1. The Morgan fingerprint density at radius 2 is 2.23 bits per heavy atom. The number of halogens is 1. The van der Waals surface area contributed by atoms with Gasteiger partial charge in [-0.25, -0.2) is 0 Å². The van der Waals surface area contributed by atoms with Crippen molar-refractivity contribution in [3.63, 3.8) is 0 Å². The van der Waals surface area contributed by atoms with Crippen molar-refractivity contribution in [2.75, 3.05) is 30.7 Å². The normalized spacial score (nSPS) is 23.2. The van der Waals surface area contributed by atoms with Crippen LogP contribution in [0.25, 0.3) is 0 Å². The van der Waals surface area contributed by atoms with Gasteiger partial charge in [-0.15, -0.1) is 24.2 Å². The molecule has 4 N–H and O–H groups in total. The zero-order valence-electron chi connectivity index (χ0n) is 11.8. The Hall–Kier alpha value is -1.28. The van der Waals surface area contributed by atoms with E-state index < -0.39 is 6.10 Å².